The molecule has 0 saturated heterocycles. The highest BCUT2D eigenvalue weighted by molar-refractivity contribution is 5.91. The molecule has 0 radical (unpaired) electrons. The van der Waals surface area contributed by atoms with E-state index in [1.54, 1.807) is 25.3 Å². The second-order valence-corrected chi connectivity index (χ2v) is 5.44. The Hall–Kier alpha value is -1.42. The molecule has 114 valence electrons. The Morgan fingerprint density at radius 2 is 2.00 bits per heavy atom. The van der Waals surface area contributed by atoms with Gasteiger partial charge in [-0.15, -0.1) is 12.4 Å². The fourth-order valence-corrected chi connectivity index (χ4v) is 2.23. The Balaban J connectivity index is 0.00000361. The number of ether oxygens (including phenoxy) is 1. The van der Waals surface area contributed by atoms with E-state index < -0.39 is 0 Å². The molecular weight excluding hydrogens is 276 g/mol. The second kappa shape index (κ2) is 8.69. The van der Waals surface area contributed by atoms with Gasteiger partial charge in [0.05, 0.1) is 12.8 Å². The number of methoxy groups -OCH3 is 1. The van der Waals surface area contributed by atoms with Gasteiger partial charge in [0.15, 0.2) is 0 Å². The van der Waals surface area contributed by atoms with Crippen LogP contribution >= 0.6 is 12.4 Å². The van der Waals surface area contributed by atoms with Gasteiger partial charge in [-0.1, -0.05) is 20.8 Å². The Morgan fingerprint density at radius 3 is 2.50 bits per heavy atom. The summed E-state index contributed by atoms with van der Waals surface area (Å²) in [6.45, 7) is 6.43. The molecule has 0 saturated carbocycles. The van der Waals surface area contributed by atoms with Crippen molar-refractivity contribution in [1.82, 2.24) is 0 Å². The molecule has 0 aliphatic heterocycles. The Labute approximate surface area is 127 Å². The van der Waals surface area contributed by atoms with Crippen LogP contribution in [0.3, 0.4) is 0 Å². The van der Waals surface area contributed by atoms with Gasteiger partial charge in [0.1, 0.15) is 5.75 Å². The van der Waals surface area contributed by atoms with Gasteiger partial charge in [-0.25, -0.2) is 0 Å². The maximum absolute atomic E-state index is 11.9. The lowest BCUT2D eigenvalue weighted by Gasteiger charge is -2.14. The number of nitrogens with one attached hydrogen (secondary N) is 1. The first kappa shape index (κ1) is 18.6. The number of carbonyl (C=O) groups excluding carboxylic acids is 1. The van der Waals surface area contributed by atoms with Crippen molar-refractivity contribution in [1.29, 1.82) is 0 Å². The summed E-state index contributed by atoms with van der Waals surface area (Å²) in [7, 11) is 1.57. The quantitative estimate of drug-likeness (QED) is 0.787. The Bertz CT molecular complexity index is 436. The molecule has 3 N–H and O–H groups in total. The summed E-state index contributed by atoms with van der Waals surface area (Å²) < 4.78 is 5.08. The van der Waals surface area contributed by atoms with Crippen molar-refractivity contribution in [2.75, 3.05) is 18.2 Å². The maximum Gasteiger partial charge on any atom is 0.224 e. The molecule has 0 aliphatic carbocycles. The number of carbonyl (C=O) groups is 1. The molecule has 20 heavy (non-hydrogen) atoms. The van der Waals surface area contributed by atoms with E-state index in [2.05, 4.69) is 26.1 Å². The minimum atomic E-state index is 0. The van der Waals surface area contributed by atoms with Crippen LogP contribution in [0.4, 0.5) is 11.4 Å². The van der Waals surface area contributed by atoms with E-state index in [0.29, 0.717) is 35.4 Å². The predicted octanol–water partition coefficient (Wildman–Crippen LogP) is 3.71. The van der Waals surface area contributed by atoms with Crippen LogP contribution in [0.1, 0.15) is 33.6 Å². The summed E-state index contributed by atoms with van der Waals surface area (Å²) in [6.07, 6.45) is 1.59. The molecule has 0 aliphatic rings. The first-order chi connectivity index (χ1) is 8.92. The summed E-state index contributed by atoms with van der Waals surface area (Å²) in [4.78, 5) is 11.9. The van der Waals surface area contributed by atoms with Crippen molar-refractivity contribution in [3.8, 4) is 5.75 Å². The summed E-state index contributed by atoms with van der Waals surface area (Å²) in [5.74, 6) is 1.64. The number of nitrogens with two attached hydrogens (primary N) is 1. The molecule has 1 rings (SSSR count). The fourth-order valence-electron chi connectivity index (χ4n) is 2.23. The number of amides is 1. The van der Waals surface area contributed by atoms with Crippen LogP contribution in [-0.2, 0) is 4.79 Å². The van der Waals surface area contributed by atoms with Gasteiger partial charge in [-0.2, -0.15) is 0 Å². The first-order valence-corrected chi connectivity index (χ1v) is 6.65. The SMILES string of the molecule is COc1ccc(NC(=O)CC(C)CC(C)C)cc1N.Cl. The zero-order valence-electron chi connectivity index (χ0n) is 12.6. The number of nitrogen functional groups attached to an aromatic ring is 1. The molecule has 1 aromatic carbocycles. The third-order valence-corrected chi connectivity index (χ3v) is 2.92. The van der Waals surface area contributed by atoms with E-state index in [9.17, 15) is 4.79 Å². The molecule has 0 heterocycles. The van der Waals surface area contributed by atoms with Gasteiger partial charge >= 0.3 is 0 Å². The van der Waals surface area contributed by atoms with Crippen LogP contribution in [0.15, 0.2) is 18.2 Å². The highest BCUT2D eigenvalue weighted by Gasteiger charge is 2.11. The standard InChI is InChI=1S/C15H24N2O2.ClH/c1-10(2)7-11(3)8-15(18)17-12-5-6-14(19-4)13(16)9-12;/h5-6,9-11H,7-8,16H2,1-4H3,(H,17,18);1H. The maximum atomic E-state index is 11.9. The lowest BCUT2D eigenvalue weighted by Crippen LogP contribution is -2.16. The third-order valence-electron chi connectivity index (χ3n) is 2.92. The highest BCUT2D eigenvalue weighted by atomic mass is 35.5. The van der Waals surface area contributed by atoms with E-state index in [0.717, 1.165) is 6.42 Å². The van der Waals surface area contributed by atoms with Crippen LogP contribution in [0.2, 0.25) is 0 Å². The third kappa shape index (κ3) is 6.15. The number of anilines is 2. The predicted molar refractivity (Wildman–Crippen MR) is 86.5 cm³/mol. The van der Waals surface area contributed by atoms with Crippen LogP contribution in [0.5, 0.6) is 5.75 Å². The van der Waals surface area contributed by atoms with Crippen molar-refractivity contribution in [2.45, 2.75) is 33.6 Å². The van der Waals surface area contributed by atoms with E-state index >= 15 is 0 Å². The van der Waals surface area contributed by atoms with Gasteiger partial charge < -0.3 is 15.8 Å². The number of hydrogen-bond acceptors (Lipinski definition) is 3. The smallest absolute Gasteiger partial charge is 0.224 e. The summed E-state index contributed by atoms with van der Waals surface area (Å²) >= 11 is 0. The number of hydrogen-bond donors (Lipinski definition) is 2. The normalized spacial score (nSPS) is 11.7. The molecule has 0 fully saturated rings. The lowest BCUT2D eigenvalue weighted by atomic mass is 9.96. The van der Waals surface area contributed by atoms with Gasteiger partial charge in [0, 0.05) is 12.1 Å². The Morgan fingerprint density at radius 1 is 1.35 bits per heavy atom. The van der Waals surface area contributed by atoms with Gasteiger partial charge in [0.25, 0.3) is 0 Å². The highest BCUT2D eigenvalue weighted by Crippen LogP contribution is 2.25. The van der Waals surface area contributed by atoms with Crippen molar-refractivity contribution < 1.29 is 9.53 Å². The van der Waals surface area contributed by atoms with Crippen LogP contribution in [-0.4, -0.2) is 13.0 Å². The molecule has 5 heteroatoms. The number of rotatable bonds is 6. The van der Waals surface area contributed by atoms with E-state index in [-0.39, 0.29) is 18.3 Å². The number of halogens is 1. The minimum absolute atomic E-state index is 0. The fraction of sp³-hybridized carbons (Fsp3) is 0.533. The zero-order chi connectivity index (χ0) is 14.4. The van der Waals surface area contributed by atoms with E-state index in [4.69, 9.17) is 10.5 Å². The molecule has 1 amide bonds. The first-order valence-electron chi connectivity index (χ1n) is 6.65. The van der Waals surface area contributed by atoms with Gasteiger partial charge in [0.2, 0.25) is 5.91 Å². The van der Waals surface area contributed by atoms with Gasteiger partial charge in [-0.3, -0.25) is 4.79 Å². The molecule has 1 unspecified atom stereocenters. The number of benzene rings is 1. The average Bonchev–Trinajstić information content (AvgIpc) is 2.27. The summed E-state index contributed by atoms with van der Waals surface area (Å²) in [5, 5.41) is 2.86. The molecule has 0 spiro atoms. The second-order valence-electron chi connectivity index (χ2n) is 5.44. The zero-order valence-corrected chi connectivity index (χ0v) is 13.4. The minimum Gasteiger partial charge on any atom is -0.495 e. The summed E-state index contributed by atoms with van der Waals surface area (Å²) in [5.41, 5.74) is 7.03. The molecule has 4 nitrogen and oxygen atoms in total. The van der Waals surface area contributed by atoms with Crippen LogP contribution < -0.4 is 15.8 Å². The molecule has 1 aromatic rings. The average molecular weight is 301 g/mol. The molecular formula is C15H25ClN2O2. The van der Waals surface area contributed by atoms with Gasteiger partial charge in [-0.05, 0) is 36.5 Å². The van der Waals surface area contributed by atoms with Crippen molar-refractivity contribution in [3.63, 3.8) is 0 Å². The van der Waals surface area contributed by atoms with E-state index in [1.807, 2.05) is 0 Å². The van der Waals surface area contributed by atoms with Crippen molar-refractivity contribution >= 4 is 29.7 Å². The summed E-state index contributed by atoms with van der Waals surface area (Å²) in [6, 6.07) is 5.26. The van der Waals surface area contributed by atoms with Crippen LogP contribution in [0, 0.1) is 11.8 Å². The molecule has 1 atom stereocenters. The largest absolute Gasteiger partial charge is 0.495 e. The Kier molecular flexibility index (Phi) is 8.07. The van der Waals surface area contributed by atoms with Crippen LogP contribution in [0.25, 0.3) is 0 Å². The lowest BCUT2D eigenvalue weighted by molar-refractivity contribution is -0.117. The van der Waals surface area contributed by atoms with Crippen molar-refractivity contribution in [2.24, 2.45) is 11.8 Å². The van der Waals surface area contributed by atoms with E-state index in [1.165, 1.54) is 0 Å². The molecule has 0 bridgehead atoms. The monoisotopic (exact) mass is 300 g/mol. The topological polar surface area (TPSA) is 64.3 Å². The molecule has 0 aromatic heterocycles. The van der Waals surface area contributed by atoms with Crippen molar-refractivity contribution in [3.05, 3.63) is 18.2 Å².